The maximum absolute atomic E-state index is 12.6. The Kier molecular flexibility index (Phi) is 3.69. The molecule has 0 spiro atoms. The van der Waals surface area contributed by atoms with Crippen molar-refractivity contribution in [1.82, 2.24) is 0 Å². The van der Waals surface area contributed by atoms with Crippen molar-refractivity contribution in [3.8, 4) is 34.5 Å². The molecule has 1 aliphatic rings. The summed E-state index contributed by atoms with van der Waals surface area (Å²) in [5.41, 5.74) is 0.603. The van der Waals surface area contributed by atoms with E-state index in [0.29, 0.717) is 5.56 Å². The fourth-order valence-corrected chi connectivity index (χ4v) is 2.47. The van der Waals surface area contributed by atoms with Gasteiger partial charge in [0.15, 0.2) is 28.8 Å². The largest absolute Gasteiger partial charge is 0.504 e. The molecule has 0 saturated heterocycles. The number of ketones is 1. The highest BCUT2D eigenvalue weighted by molar-refractivity contribution is 6.16. The van der Waals surface area contributed by atoms with Crippen molar-refractivity contribution in [1.29, 1.82) is 0 Å². The van der Waals surface area contributed by atoms with Crippen molar-refractivity contribution in [3.05, 3.63) is 41.0 Å². The van der Waals surface area contributed by atoms with Crippen LogP contribution in [0.2, 0.25) is 0 Å². The molecular formula is C17H14O7. The number of carbonyl (C=O) groups is 1. The molecule has 0 unspecified atom stereocenters. The molecule has 2 aromatic rings. The first-order chi connectivity index (χ1) is 11.4. The number of hydrogen-bond donors (Lipinski definition) is 4. The van der Waals surface area contributed by atoms with Crippen molar-refractivity contribution in [2.45, 2.75) is 0 Å². The highest BCUT2D eigenvalue weighted by Crippen LogP contribution is 2.46. The van der Waals surface area contributed by atoms with E-state index in [0.717, 1.165) is 0 Å². The summed E-state index contributed by atoms with van der Waals surface area (Å²) < 4.78 is 10.3. The van der Waals surface area contributed by atoms with Gasteiger partial charge in [0, 0.05) is 11.6 Å². The minimum atomic E-state index is -0.503. The Morgan fingerprint density at radius 1 is 1.08 bits per heavy atom. The number of rotatable bonds is 2. The van der Waals surface area contributed by atoms with Gasteiger partial charge in [0.25, 0.3) is 0 Å². The minimum Gasteiger partial charge on any atom is -0.504 e. The van der Waals surface area contributed by atoms with Gasteiger partial charge in [-0.2, -0.15) is 0 Å². The van der Waals surface area contributed by atoms with Gasteiger partial charge in [-0.15, -0.1) is 0 Å². The number of benzene rings is 2. The van der Waals surface area contributed by atoms with Gasteiger partial charge in [-0.3, -0.25) is 4.79 Å². The molecule has 0 radical (unpaired) electrons. The van der Waals surface area contributed by atoms with Crippen LogP contribution in [0.5, 0.6) is 34.5 Å². The molecule has 1 heterocycles. The third-order valence-corrected chi connectivity index (χ3v) is 3.65. The molecule has 24 heavy (non-hydrogen) atoms. The zero-order valence-corrected chi connectivity index (χ0v) is 12.6. The van der Waals surface area contributed by atoms with Crippen LogP contribution < -0.4 is 9.47 Å². The van der Waals surface area contributed by atoms with Crippen LogP contribution >= 0.6 is 0 Å². The number of aromatic hydroxyl groups is 4. The summed E-state index contributed by atoms with van der Waals surface area (Å²) in [6.07, 6.45) is 1.48. The first kappa shape index (κ1) is 15.5. The van der Waals surface area contributed by atoms with Crippen molar-refractivity contribution >= 4 is 11.9 Å². The molecule has 0 atom stereocenters. The van der Waals surface area contributed by atoms with Crippen LogP contribution in [0, 0.1) is 0 Å². The van der Waals surface area contributed by atoms with Crippen LogP contribution in [0.1, 0.15) is 15.9 Å². The fraction of sp³-hybridized carbons (Fsp3) is 0.118. The number of Topliss-reactive ketones (excluding diaryl/α,β-unsaturated/α-hetero) is 1. The van der Waals surface area contributed by atoms with Gasteiger partial charge in [-0.05, 0) is 23.8 Å². The average molecular weight is 330 g/mol. The zero-order valence-electron chi connectivity index (χ0n) is 12.6. The van der Waals surface area contributed by atoms with E-state index < -0.39 is 11.5 Å². The SMILES string of the molecule is COc1c(O)cc2c(c1O)C(=O)/C(=C/c1ccc(O)c(O)c1)CO2. The normalized spacial score (nSPS) is 15.0. The van der Waals surface area contributed by atoms with E-state index in [1.807, 2.05) is 0 Å². The van der Waals surface area contributed by atoms with E-state index >= 15 is 0 Å². The molecule has 2 aromatic carbocycles. The van der Waals surface area contributed by atoms with Gasteiger partial charge >= 0.3 is 0 Å². The highest BCUT2D eigenvalue weighted by atomic mass is 16.5. The Morgan fingerprint density at radius 3 is 2.50 bits per heavy atom. The quantitative estimate of drug-likeness (QED) is 0.492. The Morgan fingerprint density at radius 2 is 1.83 bits per heavy atom. The maximum atomic E-state index is 12.6. The van der Waals surface area contributed by atoms with Crippen LogP contribution in [-0.2, 0) is 0 Å². The van der Waals surface area contributed by atoms with Crippen LogP contribution in [0.4, 0.5) is 0 Å². The third-order valence-electron chi connectivity index (χ3n) is 3.65. The molecule has 0 fully saturated rings. The van der Waals surface area contributed by atoms with Crippen LogP contribution in [-0.4, -0.2) is 39.9 Å². The standard InChI is InChI=1S/C17H14O7/c1-23-17-12(20)6-13-14(16(17)22)15(21)9(7-24-13)4-8-2-3-10(18)11(19)5-8/h2-6,18-20,22H,7H2,1H3/b9-4+. The molecule has 0 saturated carbocycles. The summed E-state index contributed by atoms with van der Waals surface area (Å²) in [4.78, 5) is 12.6. The van der Waals surface area contributed by atoms with Crippen molar-refractivity contribution < 1.29 is 34.7 Å². The topological polar surface area (TPSA) is 116 Å². The average Bonchev–Trinajstić information content (AvgIpc) is 2.53. The van der Waals surface area contributed by atoms with E-state index in [4.69, 9.17) is 9.47 Å². The van der Waals surface area contributed by atoms with E-state index in [1.54, 1.807) is 0 Å². The molecule has 0 amide bonds. The second-order valence-corrected chi connectivity index (χ2v) is 5.19. The number of hydrogen-bond acceptors (Lipinski definition) is 7. The maximum Gasteiger partial charge on any atom is 0.203 e. The molecule has 7 nitrogen and oxygen atoms in total. The first-order valence-corrected chi connectivity index (χ1v) is 6.95. The number of fused-ring (bicyclic) bond motifs is 1. The molecular weight excluding hydrogens is 316 g/mol. The van der Waals surface area contributed by atoms with Crippen molar-refractivity contribution in [2.24, 2.45) is 0 Å². The second kappa shape index (κ2) is 5.69. The van der Waals surface area contributed by atoms with Crippen LogP contribution in [0.25, 0.3) is 6.08 Å². The lowest BCUT2D eigenvalue weighted by molar-refractivity contribution is 0.0996. The molecule has 1 aliphatic heterocycles. The lowest BCUT2D eigenvalue weighted by atomic mass is 9.96. The van der Waals surface area contributed by atoms with Gasteiger partial charge < -0.3 is 29.9 Å². The predicted molar refractivity (Wildman–Crippen MR) is 83.9 cm³/mol. The van der Waals surface area contributed by atoms with Gasteiger partial charge in [-0.1, -0.05) is 6.07 Å². The molecule has 3 rings (SSSR count). The lowest BCUT2D eigenvalue weighted by Gasteiger charge is -2.21. The lowest BCUT2D eigenvalue weighted by Crippen LogP contribution is -2.19. The smallest absolute Gasteiger partial charge is 0.203 e. The fourth-order valence-electron chi connectivity index (χ4n) is 2.47. The number of ether oxygens (including phenoxy) is 2. The molecule has 124 valence electrons. The number of methoxy groups -OCH3 is 1. The summed E-state index contributed by atoms with van der Waals surface area (Å²) in [5, 5.41) is 38.7. The molecule has 4 N–H and O–H groups in total. The number of carbonyl (C=O) groups excluding carboxylic acids is 1. The Balaban J connectivity index is 2.06. The Labute approximate surface area is 136 Å². The third kappa shape index (κ3) is 2.45. The van der Waals surface area contributed by atoms with Gasteiger partial charge in [0.1, 0.15) is 17.9 Å². The molecule has 0 aromatic heterocycles. The summed E-state index contributed by atoms with van der Waals surface area (Å²) in [6, 6.07) is 5.31. The number of phenols is 4. The van der Waals surface area contributed by atoms with Gasteiger partial charge in [0.05, 0.1) is 7.11 Å². The van der Waals surface area contributed by atoms with Crippen LogP contribution in [0.3, 0.4) is 0 Å². The summed E-state index contributed by atoms with van der Waals surface area (Å²) in [5.74, 6) is -2.07. The summed E-state index contributed by atoms with van der Waals surface area (Å²) >= 11 is 0. The van der Waals surface area contributed by atoms with E-state index in [9.17, 15) is 25.2 Å². The molecule has 7 heteroatoms. The summed E-state index contributed by atoms with van der Waals surface area (Å²) in [7, 11) is 1.26. The Hall–Kier alpha value is -3.35. The molecule has 0 bridgehead atoms. The molecule has 0 aliphatic carbocycles. The Bertz CT molecular complexity index is 868. The summed E-state index contributed by atoms with van der Waals surface area (Å²) in [6.45, 7) is -0.0708. The zero-order chi connectivity index (χ0) is 17.4. The van der Waals surface area contributed by atoms with E-state index in [2.05, 4.69) is 0 Å². The number of phenolic OH excluding ortho intramolecular Hbond substituents is 4. The monoisotopic (exact) mass is 330 g/mol. The first-order valence-electron chi connectivity index (χ1n) is 6.95. The van der Waals surface area contributed by atoms with Crippen LogP contribution in [0.15, 0.2) is 29.8 Å². The predicted octanol–water partition coefficient (Wildman–Crippen LogP) is 2.18. The van der Waals surface area contributed by atoms with Gasteiger partial charge in [-0.25, -0.2) is 0 Å². The second-order valence-electron chi connectivity index (χ2n) is 5.19. The van der Waals surface area contributed by atoms with E-state index in [1.165, 1.54) is 37.5 Å². The van der Waals surface area contributed by atoms with Gasteiger partial charge in [0.2, 0.25) is 5.75 Å². The highest BCUT2D eigenvalue weighted by Gasteiger charge is 2.30. The van der Waals surface area contributed by atoms with E-state index in [-0.39, 0.29) is 46.5 Å². The minimum absolute atomic E-state index is 0.0569. The van der Waals surface area contributed by atoms with Crippen molar-refractivity contribution in [3.63, 3.8) is 0 Å². The van der Waals surface area contributed by atoms with Crippen molar-refractivity contribution in [2.75, 3.05) is 13.7 Å².